The van der Waals surface area contributed by atoms with Crippen LogP contribution in [0.25, 0.3) is 27.7 Å². The molecular formula is C18H14N4O2S. The van der Waals surface area contributed by atoms with Crippen LogP contribution in [0, 0.1) is 10.1 Å². The van der Waals surface area contributed by atoms with Crippen molar-refractivity contribution in [3.8, 4) is 5.13 Å². The molecule has 2 heterocycles. The molecule has 0 spiro atoms. The van der Waals surface area contributed by atoms with Gasteiger partial charge >= 0.3 is 0 Å². The zero-order valence-corrected chi connectivity index (χ0v) is 14.1. The average molecular weight is 350 g/mol. The van der Waals surface area contributed by atoms with E-state index in [1.165, 1.54) is 23.5 Å². The van der Waals surface area contributed by atoms with Crippen molar-refractivity contribution in [1.29, 1.82) is 0 Å². The van der Waals surface area contributed by atoms with Gasteiger partial charge in [0, 0.05) is 28.5 Å². The first-order chi connectivity index (χ1) is 12.1. The van der Waals surface area contributed by atoms with Gasteiger partial charge in [-0.1, -0.05) is 38.0 Å². The van der Waals surface area contributed by atoms with E-state index in [9.17, 15) is 10.1 Å². The summed E-state index contributed by atoms with van der Waals surface area (Å²) in [5, 5.41) is 18.7. The lowest BCUT2D eigenvalue weighted by molar-refractivity contribution is -0.384. The Morgan fingerprint density at radius 3 is 2.76 bits per heavy atom. The molecule has 3 aromatic rings. The van der Waals surface area contributed by atoms with Crippen molar-refractivity contribution in [3.05, 3.63) is 83.0 Å². The zero-order chi connectivity index (χ0) is 18.0. The fourth-order valence-electron chi connectivity index (χ4n) is 2.42. The number of aromatic nitrogens is 3. The molecule has 0 amide bonds. The maximum absolute atomic E-state index is 11.0. The molecule has 7 heteroatoms. The number of benzene rings is 1. The molecule has 0 atom stereocenters. The largest absolute Gasteiger partial charge is 0.270 e. The second-order valence-corrected chi connectivity index (χ2v) is 5.87. The van der Waals surface area contributed by atoms with E-state index in [-0.39, 0.29) is 5.69 Å². The predicted octanol–water partition coefficient (Wildman–Crippen LogP) is 4.79. The van der Waals surface area contributed by atoms with Gasteiger partial charge in [0.05, 0.1) is 21.8 Å². The number of nitro benzene ring substituents is 1. The number of nitrogens with zero attached hydrogens (tertiary/aromatic N) is 4. The third-order valence-corrected chi connectivity index (χ3v) is 4.40. The van der Waals surface area contributed by atoms with Crippen molar-refractivity contribution in [2.75, 3.05) is 0 Å². The van der Waals surface area contributed by atoms with E-state index in [2.05, 4.69) is 29.8 Å². The predicted molar refractivity (Wildman–Crippen MR) is 102 cm³/mol. The Labute approximate surface area is 147 Å². The second-order valence-electron chi connectivity index (χ2n) is 5.04. The molecule has 0 saturated carbocycles. The Morgan fingerprint density at radius 2 is 2.12 bits per heavy atom. The van der Waals surface area contributed by atoms with Crippen molar-refractivity contribution in [2.45, 2.75) is 0 Å². The number of hydrogen-bond acceptors (Lipinski definition) is 5. The Morgan fingerprint density at radius 1 is 1.32 bits per heavy atom. The highest BCUT2D eigenvalue weighted by Crippen LogP contribution is 2.29. The molecule has 0 unspecified atom stereocenters. The van der Waals surface area contributed by atoms with E-state index >= 15 is 0 Å². The standard InChI is InChI=1S/C18H14N4O2S/c1-4-7-12(5-2)16-11-25-18(19-16)21-17-9-8-13(22(23)24)10-14(17)15(6-3)20-21/h4-11H,1-3H2/b12-7+. The van der Waals surface area contributed by atoms with Crippen LogP contribution in [-0.4, -0.2) is 19.7 Å². The lowest BCUT2D eigenvalue weighted by atomic mass is 10.2. The monoisotopic (exact) mass is 350 g/mol. The summed E-state index contributed by atoms with van der Waals surface area (Å²) < 4.78 is 1.67. The van der Waals surface area contributed by atoms with Crippen LogP contribution in [-0.2, 0) is 0 Å². The van der Waals surface area contributed by atoms with Crippen LogP contribution in [0.3, 0.4) is 0 Å². The van der Waals surface area contributed by atoms with Gasteiger partial charge in [0.1, 0.15) is 0 Å². The summed E-state index contributed by atoms with van der Waals surface area (Å²) in [4.78, 5) is 15.2. The molecule has 6 nitrogen and oxygen atoms in total. The van der Waals surface area contributed by atoms with E-state index in [4.69, 9.17) is 0 Å². The Bertz CT molecular complexity index is 1040. The molecule has 0 N–H and O–H groups in total. The maximum atomic E-state index is 11.0. The number of allylic oxidation sites excluding steroid dienone is 4. The van der Waals surface area contributed by atoms with E-state index in [0.717, 1.165) is 16.8 Å². The number of nitro groups is 1. The molecule has 0 aliphatic rings. The van der Waals surface area contributed by atoms with Crippen LogP contribution >= 0.6 is 11.3 Å². The third kappa shape index (κ3) is 2.92. The molecule has 0 aliphatic carbocycles. The quantitative estimate of drug-likeness (QED) is 0.364. The minimum atomic E-state index is -0.429. The van der Waals surface area contributed by atoms with E-state index in [1.54, 1.807) is 29.0 Å². The van der Waals surface area contributed by atoms with Crippen LogP contribution in [0.2, 0.25) is 0 Å². The second kappa shape index (κ2) is 6.66. The molecule has 3 rings (SSSR count). The van der Waals surface area contributed by atoms with Gasteiger partial charge in [-0.3, -0.25) is 10.1 Å². The van der Waals surface area contributed by atoms with Gasteiger partial charge in [0.15, 0.2) is 0 Å². The number of rotatable bonds is 6. The first kappa shape index (κ1) is 16.5. The molecule has 0 bridgehead atoms. The highest BCUT2D eigenvalue weighted by atomic mass is 32.1. The molecule has 2 aromatic heterocycles. The van der Waals surface area contributed by atoms with E-state index < -0.39 is 4.92 Å². The third-order valence-electron chi connectivity index (χ3n) is 3.58. The van der Waals surface area contributed by atoms with Gasteiger partial charge in [-0.25, -0.2) is 9.67 Å². The highest BCUT2D eigenvalue weighted by molar-refractivity contribution is 7.12. The van der Waals surface area contributed by atoms with Crippen LogP contribution in [0.1, 0.15) is 11.4 Å². The van der Waals surface area contributed by atoms with Gasteiger partial charge in [0.2, 0.25) is 5.13 Å². The lowest BCUT2D eigenvalue weighted by Gasteiger charge is -1.98. The van der Waals surface area contributed by atoms with Gasteiger partial charge in [-0.2, -0.15) is 5.10 Å². The number of hydrogen-bond donors (Lipinski definition) is 0. The van der Waals surface area contributed by atoms with Crippen LogP contribution < -0.4 is 0 Å². The maximum Gasteiger partial charge on any atom is 0.270 e. The smallest absolute Gasteiger partial charge is 0.258 e. The van der Waals surface area contributed by atoms with Crippen molar-refractivity contribution in [2.24, 2.45) is 0 Å². The molecule has 0 saturated heterocycles. The molecule has 25 heavy (non-hydrogen) atoms. The minimum absolute atomic E-state index is 0.0119. The molecule has 1 aromatic carbocycles. The van der Waals surface area contributed by atoms with Crippen molar-refractivity contribution >= 4 is 39.6 Å². The normalized spacial score (nSPS) is 11.4. The molecule has 124 valence electrons. The SMILES string of the molecule is C=C/C=C(\C=C)c1csc(-n2nc(C=C)c3cc([N+](=O)[O-])ccc32)n1. The van der Waals surface area contributed by atoms with Gasteiger partial charge < -0.3 is 0 Å². The molecule has 0 fully saturated rings. The number of non-ortho nitro benzene ring substituents is 1. The minimum Gasteiger partial charge on any atom is -0.258 e. The summed E-state index contributed by atoms with van der Waals surface area (Å²) in [6.45, 7) is 11.2. The van der Waals surface area contributed by atoms with Crippen LogP contribution in [0.4, 0.5) is 5.69 Å². The van der Waals surface area contributed by atoms with E-state index in [1.807, 2.05) is 11.5 Å². The Balaban J connectivity index is 2.17. The summed E-state index contributed by atoms with van der Waals surface area (Å²) in [5.74, 6) is 0. The van der Waals surface area contributed by atoms with Crippen molar-refractivity contribution in [1.82, 2.24) is 14.8 Å². The van der Waals surface area contributed by atoms with Gasteiger partial charge in [-0.05, 0) is 12.1 Å². The summed E-state index contributed by atoms with van der Waals surface area (Å²) in [7, 11) is 0. The number of fused-ring (bicyclic) bond motifs is 1. The first-order valence-corrected chi connectivity index (χ1v) is 8.18. The van der Waals surface area contributed by atoms with Crippen molar-refractivity contribution < 1.29 is 4.92 Å². The van der Waals surface area contributed by atoms with Gasteiger partial charge in [-0.15, -0.1) is 11.3 Å². The molecule has 0 aliphatic heterocycles. The van der Waals surface area contributed by atoms with Crippen LogP contribution in [0.5, 0.6) is 0 Å². The Hall–Kier alpha value is -3.32. The fourth-order valence-corrected chi connectivity index (χ4v) is 3.21. The van der Waals surface area contributed by atoms with Crippen LogP contribution in [0.15, 0.2) is 61.5 Å². The highest BCUT2D eigenvalue weighted by Gasteiger charge is 2.16. The van der Waals surface area contributed by atoms with Gasteiger partial charge in [0.25, 0.3) is 5.69 Å². The summed E-state index contributed by atoms with van der Waals surface area (Å²) in [6.07, 6.45) is 6.78. The zero-order valence-electron chi connectivity index (χ0n) is 13.3. The van der Waals surface area contributed by atoms with Crippen molar-refractivity contribution in [3.63, 3.8) is 0 Å². The number of thiazole rings is 1. The fraction of sp³-hybridized carbons (Fsp3) is 0. The molecule has 0 radical (unpaired) electrons. The first-order valence-electron chi connectivity index (χ1n) is 7.30. The average Bonchev–Trinajstić information content (AvgIpc) is 3.23. The molecular weight excluding hydrogens is 336 g/mol. The Kier molecular flexibility index (Phi) is 4.40. The summed E-state index contributed by atoms with van der Waals surface area (Å²) in [6, 6.07) is 4.62. The topological polar surface area (TPSA) is 73.8 Å². The summed E-state index contributed by atoms with van der Waals surface area (Å²) in [5.41, 5.74) is 2.93. The van der Waals surface area contributed by atoms with E-state index in [0.29, 0.717) is 16.2 Å². The lowest BCUT2D eigenvalue weighted by Crippen LogP contribution is -1.96. The summed E-state index contributed by atoms with van der Waals surface area (Å²) >= 11 is 1.42.